The average Bonchev–Trinajstić information content (AvgIpc) is 2.39. The molecule has 0 amide bonds. The predicted molar refractivity (Wildman–Crippen MR) is 76.7 cm³/mol. The van der Waals surface area contributed by atoms with E-state index in [0.717, 1.165) is 27.2 Å². The maximum absolute atomic E-state index is 6.22. The smallest absolute Gasteiger partial charge is 0.0759 e. The number of halogens is 2. The van der Waals surface area contributed by atoms with Crippen LogP contribution in [0.15, 0.2) is 41.3 Å². The van der Waals surface area contributed by atoms with Gasteiger partial charge in [-0.25, -0.2) is 0 Å². The molecule has 2 rings (SSSR count). The first-order valence-electron chi connectivity index (χ1n) is 5.58. The van der Waals surface area contributed by atoms with Crippen LogP contribution in [0.4, 0.5) is 0 Å². The van der Waals surface area contributed by atoms with Crippen molar-refractivity contribution in [3.8, 4) is 0 Å². The van der Waals surface area contributed by atoms with Gasteiger partial charge in [0.15, 0.2) is 0 Å². The Morgan fingerprint density at radius 1 is 1.39 bits per heavy atom. The molecule has 0 aliphatic carbocycles. The number of nitrogens with zero attached hydrogens (tertiary/aromatic N) is 2. The number of benzene rings is 1. The zero-order valence-electron chi connectivity index (χ0n) is 9.90. The molecule has 18 heavy (non-hydrogen) atoms. The van der Waals surface area contributed by atoms with E-state index in [-0.39, 0.29) is 6.04 Å². The van der Waals surface area contributed by atoms with Crippen LogP contribution in [-0.4, -0.2) is 17.0 Å². The topological polar surface area (TPSA) is 37.8 Å². The van der Waals surface area contributed by atoms with E-state index in [4.69, 9.17) is 11.6 Å². The Balaban J connectivity index is 2.21. The number of nitrogens with one attached hydrogen (secondary N) is 1. The summed E-state index contributed by atoms with van der Waals surface area (Å²) in [5.74, 6) is 0. The van der Waals surface area contributed by atoms with Crippen molar-refractivity contribution in [2.75, 3.05) is 7.05 Å². The number of hydrogen-bond acceptors (Lipinski definition) is 3. The summed E-state index contributed by atoms with van der Waals surface area (Å²) in [6.07, 6.45) is 5.92. The highest BCUT2D eigenvalue weighted by molar-refractivity contribution is 9.10. The standard InChI is InChI=1S/C13H13BrClN3/c1-16-12(13-8-17-4-5-18-13)6-9-2-3-10(14)7-11(9)15/h2-5,7-8,12,16H,6H2,1H3. The van der Waals surface area contributed by atoms with Crippen LogP contribution in [0.2, 0.25) is 5.02 Å². The molecule has 0 fully saturated rings. The van der Waals surface area contributed by atoms with Crippen LogP contribution < -0.4 is 5.32 Å². The lowest BCUT2D eigenvalue weighted by atomic mass is 10.0. The quantitative estimate of drug-likeness (QED) is 0.936. The monoisotopic (exact) mass is 325 g/mol. The molecule has 94 valence electrons. The lowest BCUT2D eigenvalue weighted by Crippen LogP contribution is -2.20. The van der Waals surface area contributed by atoms with E-state index in [1.54, 1.807) is 18.6 Å². The zero-order chi connectivity index (χ0) is 13.0. The molecule has 1 heterocycles. The number of hydrogen-bond donors (Lipinski definition) is 1. The molecule has 0 saturated heterocycles. The molecule has 5 heteroatoms. The van der Waals surface area contributed by atoms with E-state index in [0.29, 0.717) is 0 Å². The SMILES string of the molecule is CNC(Cc1ccc(Br)cc1Cl)c1cnccn1. The first kappa shape index (κ1) is 13.5. The molecule has 1 aromatic carbocycles. The van der Waals surface area contributed by atoms with Gasteiger partial charge in [-0.2, -0.15) is 0 Å². The molecule has 0 saturated carbocycles. The zero-order valence-corrected chi connectivity index (χ0v) is 12.2. The van der Waals surface area contributed by atoms with Crippen molar-refractivity contribution < 1.29 is 0 Å². The van der Waals surface area contributed by atoms with Crippen LogP contribution in [0.25, 0.3) is 0 Å². The molecule has 0 bridgehead atoms. The fourth-order valence-corrected chi connectivity index (χ4v) is 2.50. The molecule has 0 aliphatic rings. The van der Waals surface area contributed by atoms with E-state index in [1.807, 2.05) is 25.2 Å². The van der Waals surface area contributed by atoms with Gasteiger partial charge >= 0.3 is 0 Å². The van der Waals surface area contributed by atoms with E-state index < -0.39 is 0 Å². The Hall–Kier alpha value is -0.970. The summed E-state index contributed by atoms with van der Waals surface area (Å²) in [7, 11) is 1.91. The first-order chi connectivity index (χ1) is 8.70. The molecular weight excluding hydrogens is 314 g/mol. The molecular formula is C13H13BrClN3. The van der Waals surface area contributed by atoms with Crippen molar-refractivity contribution >= 4 is 27.5 Å². The van der Waals surface area contributed by atoms with Crippen molar-refractivity contribution in [1.29, 1.82) is 0 Å². The van der Waals surface area contributed by atoms with Crippen LogP contribution in [0.1, 0.15) is 17.3 Å². The minimum Gasteiger partial charge on any atom is -0.311 e. The van der Waals surface area contributed by atoms with Crippen LogP contribution >= 0.6 is 27.5 Å². The lowest BCUT2D eigenvalue weighted by molar-refractivity contribution is 0.573. The maximum Gasteiger partial charge on any atom is 0.0759 e. The van der Waals surface area contributed by atoms with Crippen molar-refractivity contribution in [2.24, 2.45) is 0 Å². The summed E-state index contributed by atoms with van der Waals surface area (Å²) in [6, 6.07) is 6.02. The van der Waals surface area contributed by atoms with Crippen molar-refractivity contribution in [2.45, 2.75) is 12.5 Å². The minimum atomic E-state index is 0.109. The summed E-state index contributed by atoms with van der Waals surface area (Å²) in [6.45, 7) is 0. The summed E-state index contributed by atoms with van der Waals surface area (Å²) >= 11 is 9.63. The fraction of sp³-hybridized carbons (Fsp3) is 0.231. The van der Waals surface area contributed by atoms with Gasteiger partial charge in [0, 0.05) is 28.1 Å². The van der Waals surface area contributed by atoms with Gasteiger partial charge in [0.2, 0.25) is 0 Å². The molecule has 0 spiro atoms. The molecule has 0 aliphatic heterocycles. The molecule has 1 atom stereocenters. The first-order valence-corrected chi connectivity index (χ1v) is 6.75. The van der Waals surface area contributed by atoms with E-state index in [1.165, 1.54) is 0 Å². The summed E-state index contributed by atoms with van der Waals surface area (Å²) in [5, 5.41) is 3.99. The minimum absolute atomic E-state index is 0.109. The Kier molecular flexibility index (Phi) is 4.69. The maximum atomic E-state index is 6.22. The highest BCUT2D eigenvalue weighted by Gasteiger charge is 2.13. The van der Waals surface area contributed by atoms with E-state index in [2.05, 4.69) is 31.2 Å². The third-order valence-corrected chi connectivity index (χ3v) is 3.57. The third-order valence-electron chi connectivity index (χ3n) is 2.73. The van der Waals surface area contributed by atoms with Gasteiger partial charge in [-0.15, -0.1) is 0 Å². The summed E-state index contributed by atoms with van der Waals surface area (Å²) in [4.78, 5) is 8.40. The van der Waals surface area contributed by atoms with E-state index in [9.17, 15) is 0 Å². The number of rotatable bonds is 4. The molecule has 3 nitrogen and oxygen atoms in total. The highest BCUT2D eigenvalue weighted by Crippen LogP contribution is 2.25. The second kappa shape index (κ2) is 6.27. The molecule has 1 aromatic heterocycles. The second-order valence-electron chi connectivity index (χ2n) is 3.91. The molecule has 1 N–H and O–H groups in total. The summed E-state index contributed by atoms with van der Waals surface area (Å²) < 4.78 is 0.983. The Bertz CT molecular complexity index is 519. The van der Waals surface area contributed by atoms with Crippen LogP contribution in [0, 0.1) is 0 Å². The van der Waals surface area contributed by atoms with Crippen molar-refractivity contribution in [1.82, 2.24) is 15.3 Å². The molecule has 2 aromatic rings. The Labute approximate surface area is 120 Å². The molecule has 0 radical (unpaired) electrons. The molecule has 1 unspecified atom stereocenters. The van der Waals surface area contributed by atoms with Gasteiger partial charge in [-0.1, -0.05) is 33.6 Å². The van der Waals surface area contributed by atoms with Crippen LogP contribution in [0.3, 0.4) is 0 Å². The van der Waals surface area contributed by atoms with Gasteiger partial charge in [0.25, 0.3) is 0 Å². The van der Waals surface area contributed by atoms with Gasteiger partial charge in [0.05, 0.1) is 11.7 Å². The van der Waals surface area contributed by atoms with Gasteiger partial charge < -0.3 is 5.32 Å². The van der Waals surface area contributed by atoms with Gasteiger partial charge in [-0.05, 0) is 31.2 Å². The van der Waals surface area contributed by atoms with E-state index >= 15 is 0 Å². The number of aromatic nitrogens is 2. The van der Waals surface area contributed by atoms with Crippen molar-refractivity contribution in [3.05, 3.63) is 57.5 Å². The predicted octanol–water partition coefficient (Wildman–Crippen LogP) is 3.40. The van der Waals surface area contributed by atoms with Gasteiger partial charge in [0.1, 0.15) is 0 Å². The Morgan fingerprint density at radius 2 is 2.22 bits per heavy atom. The summed E-state index contributed by atoms with van der Waals surface area (Å²) in [5.41, 5.74) is 2.00. The van der Waals surface area contributed by atoms with Gasteiger partial charge in [-0.3, -0.25) is 9.97 Å². The third kappa shape index (κ3) is 3.28. The fourth-order valence-electron chi connectivity index (χ4n) is 1.75. The second-order valence-corrected chi connectivity index (χ2v) is 5.23. The van der Waals surface area contributed by atoms with Crippen LogP contribution in [-0.2, 0) is 6.42 Å². The largest absolute Gasteiger partial charge is 0.311 e. The lowest BCUT2D eigenvalue weighted by Gasteiger charge is -2.16. The van der Waals surface area contributed by atoms with Crippen molar-refractivity contribution in [3.63, 3.8) is 0 Å². The Morgan fingerprint density at radius 3 is 2.83 bits per heavy atom. The highest BCUT2D eigenvalue weighted by atomic mass is 79.9. The number of likely N-dealkylation sites (N-methyl/N-ethyl adjacent to an activating group) is 1. The normalized spacial score (nSPS) is 12.4. The van der Waals surface area contributed by atoms with Crippen LogP contribution in [0.5, 0.6) is 0 Å². The average molecular weight is 327 g/mol.